The number of imidazole rings is 1. The molecule has 0 aliphatic rings. The fraction of sp³-hybridized carbons (Fsp3) is 0.174. The van der Waals surface area contributed by atoms with E-state index in [0.29, 0.717) is 5.03 Å². The highest BCUT2D eigenvalue weighted by molar-refractivity contribution is 8.00. The Morgan fingerprint density at radius 2 is 1.71 bits per heavy atom. The van der Waals surface area contributed by atoms with Gasteiger partial charge in [0.15, 0.2) is 5.82 Å². The lowest BCUT2D eigenvalue weighted by atomic mass is 10.1. The first-order valence-corrected chi connectivity index (χ1v) is 11.9. The highest BCUT2D eigenvalue weighted by Gasteiger charge is 2.34. The molecule has 0 aliphatic heterocycles. The van der Waals surface area contributed by atoms with Crippen LogP contribution in [-0.4, -0.2) is 19.5 Å². The predicted molar refractivity (Wildman–Crippen MR) is 133 cm³/mol. The number of hydrogen-bond donors (Lipinski definition) is 3. The van der Waals surface area contributed by atoms with Crippen molar-refractivity contribution in [1.82, 2.24) is 19.5 Å². The normalized spacial score (nSPS) is 11.9. The Labute approximate surface area is 221 Å². The zero-order valence-corrected chi connectivity index (χ0v) is 20.9. The molecule has 3 N–H and O–H groups in total. The van der Waals surface area contributed by atoms with Gasteiger partial charge in [-0.25, -0.2) is 9.97 Å². The second kappa shape index (κ2) is 11.0. The van der Waals surface area contributed by atoms with Crippen LogP contribution in [0.15, 0.2) is 66.2 Å². The minimum Gasteiger partial charge on any atom is -0.365 e. The van der Waals surface area contributed by atoms with Crippen LogP contribution in [-0.2, 0) is 25.9 Å². The molecular weight excluding hydrogens is 556 g/mol. The molecule has 200 valence electrons. The Kier molecular flexibility index (Phi) is 7.92. The van der Waals surface area contributed by atoms with Gasteiger partial charge in [-0.3, -0.25) is 0 Å². The van der Waals surface area contributed by atoms with Crippen molar-refractivity contribution in [2.45, 2.75) is 23.9 Å². The maximum Gasteiger partial charge on any atom is 0.418 e. The second-order valence-corrected chi connectivity index (χ2v) is 9.10. The number of aryl methyl sites for hydroxylation is 1. The molecule has 0 unspecified atom stereocenters. The number of benzene rings is 2. The van der Waals surface area contributed by atoms with Gasteiger partial charge in [0.25, 0.3) is 0 Å². The van der Waals surface area contributed by atoms with Crippen LogP contribution >= 0.6 is 23.5 Å². The SMILES string of the molecule is Cn1cnc(SNc2ccc(Nc3ncc(Cl)c(NCc4ccccc4C(F)(F)F)n3)cc2C(F)(F)F)c1. The van der Waals surface area contributed by atoms with E-state index < -0.39 is 23.5 Å². The quantitative estimate of drug-likeness (QED) is 0.150. The molecule has 0 saturated heterocycles. The maximum absolute atomic E-state index is 13.8. The first-order chi connectivity index (χ1) is 17.9. The Balaban J connectivity index is 1.51. The average molecular weight is 574 g/mol. The molecule has 0 spiro atoms. The van der Waals surface area contributed by atoms with Gasteiger partial charge in [-0.05, 0) is 29.8 Å². The topological polar surface area (TPSA) is 79.7 Å². The lowest BCUT2D eigenvalue weighted by Crippen LogP contribution is -2.12. The zero-order chi connectivity index (χ0) is 27.5. The van der Waals surface area contributed by atoms with Gasteiger partial charge in [0.2, 0.25) is 5.95 Å². The monoisotopic (exact) mass is 573 g/mol. The van der Waals surface area contributed by atoms with Gasteiger partial charge in [0.1, 0.15) is 10.0 Å². The number of nitrogens with zero attached hydrogens (tertiary/aromatic N) is 4. The zero-order valence-electron chi connectivity index (χ0n) is 19.3. The van der Waals surface area contributed by atoms with Crippen molar-refractivity contribution in [3.8, 4) is 0 Å². The number of aromatic nitrogens is 4. The van der Waals surface area contributed by atoms with E-state index in [1.54, 1.807) is 17.8 Å². The minimum atomic E-state index is -4.68. The molecule has 38 heavy (non-hydrogen) atoms. The second-order valence-electron chi connectivity index (χ2n) is 7.86. The minimum absolute atomic E-state index is 0.00207. The van der Waals surface area contributed by atoms with Crippen molar-refractivity contribution in [2.75, 3.05) is 15.4 Å². The summed E-state index contributed by atoms with van der Waals surface area (Å²) in [7, 11) is 1.74. The first-order valence-electron chi connectivity index (χ1n) is 10.7. The molecular formula is C23H18ClF6N7S. The molecule has 0 atom stereocenters. The molecule has 0 fully saturated rings. The molecule has 0 amide bonds. The molecule has 2 aromatic heterocycles. The van der Waals surface area contributed by atoms with Crippen molar-refractivity contribution in [3.63, 3.8) is 0 Å². The van der Waals surface area contributed by atoms with Gasteiger partial charge in [-0.2, -0.15) is 31.3 Å². The van der Waals surface area contributed by atoms with Gasteiger partial charge in [-0.1, -0.05) is 29.8 Å². The summed E-state index contributed by atoms with van der Waals surface area (Å²) in [5.74, 6) is -0.111. The third kappa shape index (κ3) is 6.81. The molecule has 4 aromatic rings. The highest BCUT2D eigenvalue weighted by Crippen LogP contribution is 2.39. The predicted octanol–water partition coefficient (Wildman–Crippen LogP) is 7.38. The maximum atomic E-state index is 13.8. The van der Waals surface area contributed by atoms with E-state index in [9.17, 15) is 26.3 Å². The van der Waals surface area contributed by atoms with Gasteiger partial charge in [0, 0.05) is 37.4 Å². The summed E-state index contributed by atoms with van der Waals surface area (Å²) in [4.78, 5) is 12.1. The van der Waals surface area contributed by atoms with E-state index in [0.717, 1.165) is 24.1 Å². The lowest BCUT2D eigenvalue weighted by Gasteiger charge is -2.16. The van der Waals surface area contributed by atoms with Gasteiger partial charge in [0.05, 0.1) is 29.3 Å². The molecule has 2 heterocycles. The average Bonchev–Trinajstić information content (AvgIpc) is 3.27. The van der Waals surface area contributed by atoms with E-state index in [1.807, 2.05) is 0 Å². The molecule has 4 rings (SSSR count). The number of anilines is 4. The summed E-state index contributed by atoms with van der Waals surface area (Å²) < 4.78 is 85.4. The Morgan fingerprint density at radius 3 is 2.39 bits per heavy atom. The summed E-state index contributed by atoms with van der Waals surface area (Å²) in [5.41, 5.74) is -1.94. The smallest absolute Gasteiger partial charge is 0.365 e. The van der Waals surface area contributed by atoms with E-state index in [4.69, 9.17) is 11.6 Å². The van der Waals surface area contributed by atoms with Gasteiger partial charge >= 0.3 is 12.4 Å². The fourth-order valence-electron chi connectivity index (χ4n) is 3.30. The number of alkyl halides is 6. The molecule has 0 saturated carbocycles. The first kappa shape index (κ1) is 27.4. The molecule has 2 aromatic carbocycles. The molecule has 0 bridgehead atoms. The summed E-state index contributed by atoms with van der Waals surface area (Å²) in [6, 6.07) is 8.52. The summed E-state index contributed by atoms with van der Waals surface area (Å²) in [5, 5.41) is 5.89. The molecule has 0 aliphatic carbocycles. The summed E-state index contributed by atoms with van der Waals surface area (Å²) >= 11 is 7.01. The number of rotatable bonds is 8. The Morgan fingerprint density at radius 1 is 0.974 bits per heavy atom. The fourth-order valence-corrected chi connectivity index (χ4v) is 4.17. The van der Waals surface area contributed by atoms with Crippen LogP contribution in [0.3, 0.4) is 0 Å². The van der Waals surface area contributed by atoms with E-state index >= 15 is 0 Å². The number of nitrogens with one attached hydrogen (secondary N) is 3. The van der Waals surface area contributed by atoms with Crippen LogP contribution < -0.4 is 15.4 Å². The molecule has 0 radical (unpaired) electrons. The summed E-state index contributed by atoms with van der Waals surface area (Å²) in [6.07, 6.45) is -4.88. The Bertz CT molecular complexity index is 1420. The van der Waals surface area contributed by atoms with Crippen molar-refractivity contribution in [3.05, 3.63) is 82.9 Å². The molecule has 15 heteroatoms. The van der Waals surface area contributed by atoms with Crippen LogP contribution in [0, 0.1) is 0 Å². The summed E-state index contributed by atoms with van der Waals surface area (Å²) in [6.45, 7) is -0.252. The van der Waals surface area contributed by atoms with Crippen LogP contribution in [0.5, 0.6) is 0 Å². The Hall–Kier alpha value is -3.65. The largest absolute Gasteiger partial charge is 0.418 e. The van der Waals surface area contributed by atoms with E-state index in [1.165, 1.54) is 42.9 Å². The standard InChI is InChI=1S/C23H18ClF6N7S/c1-37-11-19(33-12-37)38-36-18-7-6-14(8-16(18)23(28,29)30)34-21-32-10-17(24)20(35-21)31-9-13-4-2-3-5-15(13)22(25,26)27/h2-8,10-12,36H,9H2,1H3,(H2,31,32,34,35). The number of halogens is 7. The van der Waals surface area contributed by atoms with Gasteiger partial charge < -0.3 is 19.9 Å². The van der Waals surface area contributed by atoms with Crippen molar-refractivity contribution in [2.24, 2.45) is 7.05 Å². The van der Waals surface area contributed by atoms with Crippen LogP contribution in [0.1, 0.15) is 16.7 Å². The van der Waals surface area contributed by atoms with Crippen LogP contribution in [0.2, 0.25) is 5.02 Å². The highest BCUT2D eigenvalue weighted by atomic mass is 35.5. The van der Waals surface area contributed by atoms with E-state index in [2.05, 4.69) is 30.3 Å². The van der Waals surface area contributed by atoms with Crippen molar-refractivity contribution < 1.29 is 26.3 Å². The van der Waals surface area contributed by atoms with Gasteiger partial charge in [-0.15, -0.1) is 0 Å². The van der Waals surface area contributed by atoms with Crippen molar-refractivity contribution in [1.29, 1.82) is 0 Å². The third-order valence-electron chi connectivity index (χ3n) is 5.04. The van der Waals surface area contributed by atoms with Crippen LogP contribution in [0.25, 0.3) is 0 Å². The lowest BCUT2D eigenvalue weighted by molar-refractivity contribution is -0.138. The number of hydrogen-bond acceptors (Lipinski definition) is 7. The van der Waals surface area contributed by atoms with Crippen molar-refractivity contribution >= 4 is 46.7 Å². The third-order valence-corrected chi connectivity index (χ3v) is 6.06. The van der Waals surface area contributed by atoms with Crippen LogP contribution in [0.4, 0.5) is 49.5 Å². The van der Waals surface area contributed by atoms with E-state index in [-0.39, 0.29) is 40.3 Å². The molecule has 7 nitrogen and oxygen atoms in total.